The van der Waals surface area contributed by atoms with E-state index in [0.29, 0.717) is 0 Å². The second-order valence-electron chi connectivity index (χ2n) is 5.69. The fourth-order valence-corrected chi connectivity index (χ4v) is 11.8. The molecule has 2 unspecified atom stereocenters. The molecule has 110 valence electrons. The van der Waals surface area contributed by atoms with E-state index in [-0.39, 0.29) is 0 Å². The Morgan fingerprint density at radius 1 is 1.21 bits per heavy atom. The van der Waals surface area contributed by atoms with E-state index >= 15 is 0 Å². The number of hydrogen-bond donors (Lipinski definition) is 0. The van der Waals surface area contributed by atoms with Crippen molar-refractivity contribution in [3.8, 4) is 0 Å². The van der Waals surface area contributed by atoms with Crippen molar-refractivity contribution in [3.63, 3.8) is 0 Å². The number of rotatable bonds is 6. The summed E-state index contributed by atoms with van der Waals surface area (Å²) < 4.78 is 17.9. The number of methoxy groups -OCH3 is 1. The monoisotopic (exact) mass is 556 g/mol. The van der Waals surface area contributed by atoms with E-state index in [9.17, 15) is 0 Å². The maximum atomic E-state index is 6.61. The van der Waals surface area contributed by atoms with Crippen molar-refractivity contribution in [2.45, 2.75) is 56.9 Å². The zero-order valence-electron chi connectivity index (χ0n) is 13.0. The van der Waals surface area contributed by atoms with Crippen LogP contribution in [0.5, 0.6) is 0 Å². The minimum absolute atomic E-state index is 0. The fourth-order valence-electron chi connectivity index (χ4n) is 2.70. The molecule has 0 aromatic rings. The zero-order chi connectivity index (χ0) is 13.5. The first-order valence-electron chi connectivity index (χ1n) is 7.16. The molecular formula is C13H29O3RfSi2-. The molecule has 0 spiro atoms. The molecule has 1 aliphatic rings. The molecule has 0 aromatic heterocycles. The van der Waals surface area contributed by atoms with Crippen molar-refractivity contribution >= 4 is 16.9 Å². The average molecular weight is 557 g/mol. The van der Waals surface area contributed by atoms with Gasteiger partial charge in [0, 0.05) is 20.3 Å². The van der Waals surface area contributed by atoms with Crippen LogP contribution in [0.1, 0.15) is 25.7 Å². The Hall–Kier alpha value is -0.686. The van der Waals surface area contributed by atoms with Crippen molar-refractivity contribution in [3.05, 3.63) is 6.92 Å². The first kappa shape index (κ1) is 18.3. The minimum Gasteiger partial charge on any atom is -0.436 e. The third-order valence-electron chi connectivity index (χ3n) is 3.65. The summed E-state index contributed by atoms with van der Waals surface area (Å²) in [4.78, 5) is 0. The molecule has 1 fully saturated rings. The van der Waals surface area contributed by atoms with E-state index in [2.05, 4.69) is 20.0 Å². The van der Waals surface area contributed by atoms with Gasteiger partial charge in [-0.1, -0.05) is 12.5 Å². The van der Waals surface area contributed by atoms with Crippen LogP contribution in [-0.2, 0) is 13.3 Å². The Morgan fingerprint density at radius 3 is 2.58 bits per heavy atom. The van der Waals surface area contributed by atoms with E-state index in [0.717, 1.165) is 32.1 Å². The summed E-state index contributed by atoms with van der Waals surface area (Å²) in [5.41, 5.74) is 0. The SMILES string of the molecule is [CH2-]CC[Si]1(C)CCCCO[Si](C)(CCCOC)O1.[Rf]. The van der Waals surface area contributed by atoms with Crippen LogP contribution in [0.3, 0.4) is 0 Å². The van der Waals surface area contributed by atoms with Crippen molar-refractivity contribution in [1.82, 2.24) is 0 Å². The standard InChI is InChI=1S/C13H29O3Si2.Rf/c1-5-11-17(3)12-7-6-10-15-18(4,16-17)13-8-9-14-2;/h1,5-13H2,2-4H3;/q-1;. The van der Waals surface area contributed by atoms with E-state index < -0.39 is 16.9 Å². The largest absolute Gasteiger partial charge is 0.436 e. The van der Waals surface area contributed by atoms with Gasteiger partial charge in [-0.05, 0) is 38.0 Å². The van der Waals surface area contributed by atoms with Gasteiger partial charge in [0.2, 0.25) is 0 Å². The number of hydrogen-bond acceptors (Lipinski definition) is 3. The van der Waals surface area contributed by atoms with Crippen LogP contribution < -0.4 is 0 Å². The van der Waals surface area contributed by atoms with E-state index in [1.54, 1.807) is 7.11 Å². The van der Waals surface area contributed by atoms with E-state index in [1.165, 1.54) is 24.9 Å². The summed E-state index contributed by atoms with van der Waals surface area (Å²) in [6.45, 7) is 10.3. The van der Waals surface area contributed by atoms with Gasteiger partial charge in [-0.2, -0.15) is 6.42 Å². The Kier molecular flexibility index (Phi) is 8.17. The normalized spacial score (nSPS) is 32.2. The molecule has 1 rings (SSSR count). The maximum Gasteiger partial charge on any atom is 0.324 e. The summed E-state index contributed by atoms with van der Waals surface area (Å²) in [6.07, 6.45) is 4.49. The van der Waals surface area contributed by atoms with Crippen LogP contribution in [0.15, 0.2) is 0 Å². The van der Waals surface area contributed by atoms with E-state index in [4.69, 9.17) is 13.3 Å². The molecule has 0 amide bonds. The quantitative estimate of drug-likeness (QED) is 0.284. The summed E-state index contributed by atoms with van der Waals surface area (Å²) in [7, 11) is -1.80. The topological polar surface area (TPSA) is 27.7 Å². The predicted octanol–water partition coefficient (Wildman–Crippen LogP) is 3.72. The molecule has 0 N–H and O–H groups in total. The van der Waals surface area contributed by atoms with Gasteiger partial charge >= 0.3 is 8.56 Å². The third kappa shape index (κ3) is 6.34. The first-order valence-corrected chi connectivity index (χ1v) is 12.5. The van der Waals surface area contributed by atoms with Crippen molar-refractivity contribution in [1.29, 1.82) is 0 Å². The number of ether oxygens (including phenoxy) is 1. The van der Waals surface area contributed by atoms with Gasteiger partial charge in [0.15, 0.2) is 8.32 Å². The Balaban J connectivity index is 0.00000324. The van der Waals surface area contributed by atoms with Crippen LogP contribution in [0.25, 0.3) is 0 Å². The van der Waals surface area contributed by atoms with Gasteiger partial charge in [0.25, 0.3) is 0 Å². The van der Waals surface area contributed by atoms with Crippen LogP contribution in [0, 0.1) is 6.92 Å². The van der Waals surface area contributed by atoms with Gasteiger partial charge in [-0.3, -0.25) is 0 Å². The molecule has 2 atom stereocenters. The average Bonchev–Trinajstić information content (AvgIpc) is 2.27. The van der Waals surface area contributed by atoms with Gasteiger partial charge in [-0.25, -0.2) is 0 Å². The summed E-state index contributed by atoms with van der Waals surface area (Å²) in [5, 5.41) is 0. The Bertz CT molecular complexity index is 246. The second kappa shape index (κ2) is 8.48. The zero-order valence-corrected chi connectivity index (χ0v) is 21.4. The second-order valence-corrected chi connectivity index (χ2v) is 13.5. The molecule has 1 aliphatic heterocycles. The van der Waals surface area contributed by atoms with Crippen molar-refractivity contribution in [2.24, 2.45) is 0 Å². The summed E-state index contributed by atoms with van der Waals surface area (Å²) in [5.74, 6) is 0. The van der Waals surface area contributed by atoms with Crippen molar-refractivity contribution in [2.75, 3.05) is 20.3 Å². The molecule has 0 aliphatic carbocycles. The van der Waals surface area contributed by atoms with Crippen LogP contribution in [-0.4, -0.2) is 37.2 Å². The predicted molar refractivity (Wildman–Crippen MR) is 80.4 cm³/mol. The molecular weight excluding hydrogens is 527 g/mol. The molecule has 0 bridgehead atoms. The molecule has 3 nitrogen and oxygen atoms in total. The van der Waals surface area contributed by atoms with Crippen LogP contribution in [0.2, 0.25) is 31.2 Å². The minimum atomic E-state index is -1.98. The van der Waals surface area contributed by atoms with Gasteiger partial charge in [0.05, 0.1) is 0 Å². The van der Waals surface area contributed by atoms with Crippen LogP contribution in [0.4, 0.5) is 0 Å². The smallest absolute Gasteiger partial charge is 0.324 e. The van der Waals surface area contributed by atoms with Crippen molar-refractivity contribution < 1.29 is 13.3 Å². The van der Waals surface area contributed by atoms with Gasteiger partial charge < -0.3 is 20.2 Å². The molecule has 1 saturated heterocycles. The summed E-state index contributed by atoms with van der Waals surface area (Å²) >= 11 is 0. The molecule has 19 heavy (non-hydrogen) atoms. The Morgan fingerprint density at radius 2 is 1.95 bits per heavy atom. The molecule has 1 heterocycles. The summed E-state index contributed by atoms with van der Waals surface area (Å²) in [6, 6.07) is 3.50. The molecule has 0 saturated carbocycles. The van der Waals surface area contributed by atoms with Crippen LogP contribution >= 0.6 is 0 Å². The third-order valence-corrected chi connectivity index (χ3v) is 12.3. The Labute approximate surface area is 115 Å². The first-order chi connectivity index (χ1) is 8.54. The molecule has 0 radical (unpaired) electrons. The molecule has 0 aromatic carbocycles. The van der Waals surface area contributed by atoms with E-state index in [1.807, 2.05) is 0 Å². The maximum absolute atomic E-state index is 6.61. The fraction of sp³-hybridized carbons (Fsp3) is 0.923. The van der Waals surface area contributed by atoms with Gasteiger partial charge in [0.1, 0.15) is 0 Å². The molecule has 6 heteroatoms. The van der Waals surface area contributed by atoms with Gasteiger partial charge in [-0.15, -0.1) is 0 Å².